The Hall–Kier alpha value is -0.610. The molecule has 0 saturated heterocycles. The third-order valence-corrected chi connectivity index (χ3v) is 4.42. The van der Waals surface area contributed by atoms with Crippen molar-refractivity contribution in [2.75, 3.05) is 13.2 Å². The molecule has 1 rings (SSSR count). The van der Waals surface area contributed by atoms with E-state index in [1.807, 2.05) is 13.8 Å². The molecule has 0 aromatic heterocycles. The van der Waals surface area contributed by atoms with Gasteiger partial charge in [-0.2, -0.15) is 0 Å². The van der Waals surface area contributed by atoms with Crippen molar-refractivity contribution in [3.05, 3.63) is 0 Å². The van der Waals surface area contributed by atoms with Gasteiger partial charge >= 0.3 is 0 Å². The van der Waals surface area contributed by atoms with E-state index in [1.54, 1.807) is 0 Å². The maximum Gasteiger partial charge on any atom is 0.223 e. The standard InChI is InChI=1S/C14H28N2O2/c1-3-14(2,8-9-17)16-13(18)12-6-4-11(10-15)5-7-12/h11-12,17H,3-10,15H2,1-2H3,(H,16,18). The molecule has 1 saturated carbocycles. The van der Waals surface area contributed by atoms with Gasteiger partial charge in [0.1, 0.15) is 0 Å². The van der Waals surface area contributed by atoms with Crippen molar-refractivity contribution in [2.45, 2.75) is 57.9 Å². The zero-order chi connectivity index (χ0) is 13.6. The summed E-state index contributed by atoms with van der Waals surface area (Å²) in [5.41, 5.74) is 5.39. The fourth-order valence-corrected chi connectivity index (χ4v) is 2.63. The number of carbonyl (C=O) groups excluding carboxylic acids is 1. The maximum atomic E-state index is 12.2. The van der Waals surface area contributed by atoms with E-state index in [4.69, 9.17) is 10.8 Å². The van der Waals surface area contributed by atoms with Crippen molar-refractivity contribution >= 4 is 5.91 Å². The summed E-state index contributed by atoms with van der Waals surface area (Å²) < 4.78 is 0. The van der Waals surface area contributed by atoms with E-state index in [2.05, 4.69) is 5.32 Å². The normalized spacial score (nSPS) is 27.6. The monoisotopic (exact) mass is 256 g/mol. The second kappa shape index (κ2) is 7.10. The van der Waals surface area contributed by atoms with Crippen molar-refractivity contribution in [1.82, 2.24) is 5.32 Å². The van der Waals surface area contributed by atoms with E-state index in [9.17, 15) is 4.79 Å². The molecule has 4 nitrogen and oxygen atoms in total. The Morgan fingerprint density at radius 3 is 2.44 bits per heavy atom. The molecule has 18 heavy (non-hydrogen) atoms. The molecule has 106 valence electrons. The van der Waals surface area contributed by atoms with Gasteiger partial charge in [0.2, 0.25) is 5.91 Å². The molecule has 0 spiro atoms. The highest BCUT2D eigenvalue weighted by molar-refractivity contribution is 5.79. The number of aliphatic hydroxyl groups excluding tert-OH is 1. The average molecular weight is 256 g/mol. The molecule has 0 aliphatic heterocycles. The lowest BCUT2D eigenvalue weighted by Gasteiger charge is -2.33. The number of hydrogen-bond donors (Lipinski definition) is 3. The zero-order valence-corrected chi connectivity index (χ0v) is 11.7. The Kier molecular flexibility index (Phi) is 6.09. The molecule has 0 heterocycles. The zero-order valence-electron chi connectivity index (χ0n) is 11.7. The van der Waals surface area contributed by atoms with Crippen LogP contribution >= 0.6 is 0 Å². The van der Waals surface area contributed by atoms with Crippen molar-refractivity contribution in [3.63, 3.8) is 0 Å². The molecule has 4 N–H and O–H groups in total. The van der Waals surface area contributed by atoms with Gasteiger partial charge in [-0.3, -0.25) is 4.79 Å². The highest BCUT2D eigenvalue weighted by atomic mass is 16.3. The van der Waals surface area contributed by atoms with Crippen molar-refractivity contribution in [3.8, 4) is 0 Å². The Morgan fingerprint density at radius 2 is 2.00 bits per heavy atom. The summed E-state index contributed by atoms with van der Waals surface area (Å²) in [6.45, 7) is 4.91. The van der Waals surface area contributed by atoms with Gasteiger partial charge in [0.05, 0.1) is 0 Å². The third-order valence-electron chi connectivity index (χ3n) is 4.42. The van der Waals surface area contributed by atoms with Gasteiger partial charge in [0, 0.05) is 18.1 Å². The second-order valence-electron chi connectivity index (χ2n) is 5.83. The van der Waals surface area contributed by atoms with Crippen LogP contribution in [0.5, 0.6) is 0 Å². The third kappa shape index (κ3) is 4.25. The first-order chi connectivity index (χ1) is 8.54. The van der Waals surface area contributed by atoms with E-state index < -0.39 is 0 Å². The van der Waals surface area contributed by atoms with E-state index in [0.717, 1.165) is 38.6 Å². The predicted octanol–water partition coefficient (Wildman–Crippen LogP) is 1.42. The Labute approximate surface area is 110 Å². The minimum Gasteiger partial charge on any atom is -0.396 e. The quantitative estimate of drug-likeness (QED) is 0.673. The summed E-state index contributed by atoms with van der Waals surface area (Å²) in [6.07, 6.45) is 5.50. The smallest absolute Gasteiger partial charge is 0.223 e. The number of aliphatic hydroxyl groups is 1. The molecule has 4 heteroatoms. The van der Waals surface area contributed by atoms with Crippen molar-refractivity contribution < 1.29 is 9.90 Å². The van der Waals surface area contributed by atoms with E-state index in [1.165, 1.54) is 0 Å². The summed E-state index contributed by atoms with van der Waals surface area (Å²) in [7, 11) is 0. The van der Waals surface area contributed by atoms with Gasteiger partial charge in [-0.05, 0) is 57.9 Å². The first-order valence-electron chi connectivity index (χ1n) is 7.17. The van der Waals surface area contributed by atoms with Crippen LogP contribution in [0.15, 0.2) is 0 Å². The minimum atomic E-state index is -0.267. The molecule has 1 fully saturated rings. The van der Waals surface area contributed by atoms with Gasteiger partial charge in [-0.1, -0.05) is 6.92 Å². The second-order valence-corrected chi connectivity index (χ2v) is 5.83. The molecule has 1 aliphatic carbocycles. The van der Waals surface area contributed by atoms with Crippen LogP contribution in [0.3, 0.4) is 0 Å². The number of nitrogens with two attached hydrogens (primary N) is 1. The number of rotatable bonds is 6. The summed E-state index contributed by atoms with van der Waals surface area (Å²) >= 11 is 0. The lowest BCUT2D eigenvalue weighted by molar-refractivity contribution is -0.128. The first-order valence-corrected chi connectivity index (χ1v) is 7.17. The fraction of sp³-hybridized carbons (Fsp3) is 0.929. The highest BCUT2D eigenvalue weighted by Crippen LogP contribution is 2.29. The summed E-state index contributed by atoms with van der Waals surface area (Å²) in [4.78, 5) is 12.2. The van der Waals surface area contributed by atoms with E-state index in [0.29, 0.717) is 12.3 Å². The van der Waals surface area contributed by atoms with E-state index in [-0.39, 0.29) is 24.0 Å². The van der Waals surface area contributed by atoms with Crippen LogP contribution in [0.2, 0.25) is 0 Å². The lowest BCUT2D eigenvalue weighted by Crippen LogP contribution is -2.49. The summed E-state index contributed by atoms with van der Waals surface area (Å²) in [5.74, 6) is 0.893. The maximum absolute atomic E-state index is 12.2. The van der Waals surface area contributed by atoms with Gasteiger partial charge < -0.3 is 16.2 Å². The van der Waals surface area contributed by atoms with Gasteiger partial charge in [-0.15, -0.1) is 0 Å². The van der Waals surface area contributed by atoms with Crippen LogP contribution in [0.1, 0.15) is 52.4 Å². The predicted molar refractivity (Wildman–Crippen MR) is 73.0 cm³/mol. The molecule has 1 atom stereocenters. The number of nitrogens with one attached hydrogen (secondary N) is 1. The molecule has 1 unspecified atom stereocenters. The van der Waals surface area contributed by atoms with Crippen molar-refractivity contribution in [2.24, 2.45) is 17.6 Å². The number of hydrogen-bond acceptors (Lipinski definition) is 3. The molecule has 0 radical (unpaired) electrons. The van der Waals surface area contributed by atoms with Crippen LogP contribution in [0.25, 0.3) is 0 Å². The van der Waals surface area contributed by atoms with Gasteiger partial charge in [0.15, 0.2) is 0 Å². The average Bonchev–Trinajstić information content (AvgIpc) is 2.39. The Morgan fingerprint density at radius 1 is 1.39 bits per heavy atom. The molecular weight excluding hydrogens is 228 g/mol. The molecule has 0 bridgehead atoms. The van der Waals surface area contributed by atoms with E-state index >= 15 is 0 Å². The van der Waals surface area contributed by atoms with Crippen LogP contribution in [0, 0.1) is 11.8 Å². The summed E-state index contributed by atoms with van der Waals surface area (Å²) in [5, 5.41) is 12.2. The largest absolute Gasteiger partial charge is 0.396 e. The Bertz CT molecular complexity index is 263. The first kappa shape index (κ1) is 15.4. The Balaban J connectivity index is 2.45. The van der Waals surface area contributed by atoms with Crippen molar-refractivity contribution in [1.29, 1.82) is 0 Å². The highest BCUT2D eigenvalue weighted by Gasteiger charge is 2.30. The minimum absolute atomic E-state index is 0.116. The topological polar surface area (TPSA) is 75.3 Å². The summed E-state index contributed by atoms with van der Waals surface area (Å²) in [6, 6.07) is 0. The van der Waals surface area contributed by atoms with Gasteiger partial charge in [-0.25, -0.2) is 0 Å². The van der Waals surface area contributed by atoms with Crippen LogP contribution in [-0.4, -0.2) is 29.7 Å². The van der Waals surface area contributed by atoms with Crippen LogP contribution in [-0.2, 0) is 4.79 Å². The molecular formula is C14H28N2O2. The molecule has 0 aromatic rings. The molecule has 0 aromatic carbocycles. The number of carbonyl (C=O) groups is 1. The SMILES string of the molecule is CCC(C)(CCO)NC(=O)C1CCC(CN)CC1. The lowest BCUT2D eigenvalue weighted by atomic mass is 9.81. The molecule has 1 aliphatic rings. The number of amides is 1. The van der Waals surface area contributed by atoms with Gasteiger partial charge in [0.25, 0.3) is 0 Å². The van der Waals surface area contributed by atoms with Crippen LogP contribution in [0.4, 0.5) is 0 Å². The fourth-order valence-electron chi connectivity index (χ4n) is 2.63. The molecule has 1 amide bonds. The van der Waals surface area contributed by atoms with Crippen LogP contribution < -0.4 is 11.1 Å².